The number of nitrogens with zero attached hydrogens (tertiary/aromatic N) is 1. The van der Waals surface area contributed by atoms with E-state index in [2.05, 4.69) is 26.2 Å². The number of rotatable bonds is 2. The zero-order valence-corrected chi connectivity index (χ0v) is 10.1. The number of anilines is 2. The van der Waals surface area contributed by atoms with Crippen molar-refractivity contribution in [2.24, 2.45) is 0 Å². The summed E-state index contributed by atoms with van der Waals surface area (Å²) in [5.74, 6) is 0. The Hall–Kier alpha value is -1.06. The van der Waals surface area contributed by atoms with Gasteiger partial charge in [-0.3, -0.25) is 0 Å². The van der Waals surface area contributed by atoms with Gasteiger partial charge in [0.1, 0.15) is 5.15 Å². The lowest BCUT2D eigenvalue weighted by Crippen LogP contribution is -1.90. The molecule has 15 heavy (non-hydrogen) atoms. The average molecular weight is 284 g/mol. The fourth-order valence-corrected chi connectivity index (χ4v) is 1.62. The summed E-state index contributed by atoms with van der Waals surface area (Å²) in [6.07, 6.45) is 1.67. The molecule has 1 heterocycles. The highest BCUT2D eigenvalue weighted by molar-refractivity contribution is 9.10. The van der Waals surface area contributed by atoms with Crippen LogP contribution in [0.25, 0.3) is 0 Å². The molecule has 2 rings (SSSR count). The number of pyridine rings is 1. The predicted molar refractivity (Wildman–Crippen MR) is 66.7 cm³/mol. The SMILES string of the molecule is Clc1cc(Nc2ccc(Br)cc2)ccn1. The fraction of sp³-hybridized carbons (Fsp3) is 0. The normalized spacial score (nSPS) is 10.0. The zero-order valence-electron chi connectivity index (χ0n) is 7.74. The molecule has 0 unspecified atom stereocenters. The molecular formula is C11H8BrClN2. The molecule has 76 valence electrons. The summed E-state index contributed by atoms with van der Waals surface area (Å²) in [5, 5.41) is 3.71. The first-order chi connectivity index (χ1) is 7.24. The van der Waals surface area contributed by atoms with E-state index in [0.717, 1.165) is 15.8 Å². The van der Waals surface area contributed by atoms with Crippen molar-refractivity contribution in [1.29, 1.82) is 0 Å². The van der Waals surface area contributed by atoms with Crippen molar-refractivity contribution in [3.63, 3.8) is 0 Å². The van der Waals surface area contributed by atoms with Crippen molar-refractivity contribution in [2.75, 3.05) is 5.32 Å². The van der Waals surface area contributed by atoms with Crippen molar-refractivity contribution in [2.45, 2.75) is 0 Å². The third-order valence-corrected chi connectivity index (χ3v) is 2.59. The third kappa shape index (κ3) is 2.94. The van der Waals surface area contributed by atoms with Crippen LogP contribution >= 0.6 is 27.5 Å². The summed E-state index contributed by atoms with van der Waals surface area (Å²) in [6.45, 7) is 0. The molecule has 0 bridgehead atoms. The standard InChI is InChI=1S/C11H8BrClN2/c12-8-1-3-9(4-2-8)15-10-5-6-14-11(13)7-10/h1-7H,(H,14,15). The van der Waals surface area contributed by atoms with Crippen LogP contribution in [0.5, 0.6) is 0 Å². The van der Waals surface area contributed by atoms with Gasteiger partial charge in [0.25, 0.3) is 0 Å². The van der Waals surface area contributed by atoms with Crippen LogP contribution < -0.4 is 5.32 Å². The number of benzene rings is 1. The van der Waals surface area contributed by atoms with Crippen LogP contribution in [0.15, 0.2) is 47.1 Å². The molecule has 0 aliphatic rings. The van der Waals surface area contributed by atoms with Crippen LogP contribution in [0.2, 0.25) is 5.15 Å². The monoisotopic (exact) mass is 282 g/mol. The number of hydrogen-bond acceptors (Lipinski definition) is 2. The topological polar surface area (TPSA) is 24.9 Å². The highest BCUT2D eigenvalue weighted by atomic mass is 79.9. The summed E-state index contributed by atoms with van der Waals surface area (Å²) < 4.78 is 1.06. The molecule has 1 N–H and O–H groups in total. The lowest BCUT2D eigenvalue weighted by atomic mass is 10.3. The Morgan fingerprint density at radius 2 is 1.80 bits per heavy atom. The molecule has 4 heteroatoms. The quantitative estimate of drug-likeness (QED) is 0.834. The predicted octanol–water partition coefficient (Wildman–Crippen LogP) is 4.24. The summed E-state index contributed by atoms with van der Waals surface area (Å²) in [6, 6.07) is 11.6. The second kappa shape index (κ2) is 4.64. The maximum atomic E-state index is 5.78. The molecule has 0 radical (unpaired) electrons. The molecule has 0 aliphatic heterocycles. The summed E-state index contributed by atoms with van der Waals surface area (Å²) in [4.78, 5) is 3.91. The van der Waals surface area contributed by atoms with Gasteiger partial charge in [0.05, 0.1) is 0 Å². The van der Waals surface area contributed by atoms with Crippen LogP contribution in [0.3, 0.4) is 0 Å². The van der Waals surface area contributed by atoms with Gasteiger partial charge in [-0.05, 0) is 36.4 Å². The number of aromatic nitrogens is 1. The number of hydrogen-bond donors (Lipinski definition) is 1. The molecule has 0 atom stereocenters. The second-order valence-electron chi connectivity index (χ2n) is 3.00. The molecule has 2 aromatic rings. The van der Waals surface area contributed by atoms with E-state index in [9.17, 15) is 0 Å². The number of nitrogens with one attached hydrogen (secondary N) is 1. The van der Waals surface area contributed by atoms with E-state index in [1.807, 2.05) is 30.3 Å². The van der Waals surface area contributed by atoms with Crippen molar-refractivity contribution >= 4 is 38.9 Å². The molecule has 0 amide bonds. The molecule has 1 aromatic carbocycles. The maximum absolute atomic E-state index is 5.78. The Bertz CT molecular complexity index is 456. The van der Waals surface area contributed by atoms with Crippen molar-refractivity contribution in [3.05, 3.63) is 52.2 Å². The molecule has 0 aliphatic carbocycles. The summed E-state index contributed by atoms with van der Waals surface area (Å²) in [7, 11) is 0. The Kier molecular flexibility index (Phi) is 3.23. The van der Waals surface area contributed by atoms with Gasteiger partial charge in [0, 0.05) is 22.0 Å². The van der Waals surface area contributed by atoms with Gasteiger partial charge in [0.15, 0.2) is 0 Å². The van der Waals surface area contributed by atoms with Crippen LogP contribution in [0.1, 0.15) is 0 Å². The Morgan fingerprint density at radius 1 is 1.07 bits per heavy atom. The molecule has 0 saturated carbocycles. The van der Waals surface area contributed by atoms with Crippen LogP contribution in [0.4, 0.5) is 11.4 Å². The summed E-state index contributed by atoms with van der Waals surface area (Å²) >= 11 is 9.16. The first-order valence-electron chi connectivity index (χ1n) is 4.38. The van der Waals surface area contributed by atoms with Gasteiger partial charge >= 0.3 is 0 Å². The lowest BCUT2D eigenvalue weighted by molar-refractivity contribution is 1.32. The first kappa shape index (κ1) is 10.5. The van der Waals surface area contributed by atoms with Gasteiger partial charge < -0.3 is 5.32 Å². The van der Waals surface area contributed by atoms with Gasteiger partial charge in [0.2, 0.25) is 0 Å². The van der Waals surface area contributed by atoms with E-state index in [4.69, 9.17) is 11.6 Å². The Balaban J connectivity index is 2.18. The smallest absolute Gasteiger partial charge is 0.131 e. The fourth-order valence-electron chi connectivity index (χ4n) is 1.18. The minimum absolute atomic E-state index is 0.483. The molecule has 0 saturated heterocycles. The van der Waals surface area contributed by atoms with Crippen LogP contribution in [-0.2, 0) is 0 Å². The molecule has 1 aromatic heterocycles. The van der Waals surface area contributed by atoms with Gasteiger partial charge in [-0.25, -0.2) is 4.98 Å². The van der Waals surface area contributed by atoms with E-state index < -0.39 is 0 Å². The Morgan fingerprint density at radius 3 is 2.47 bits per heavy atom. The highest BCUT2D eigenvalue weighted by Gasteiger charge is 1.95. The molecule has 0 spiro atoms. The largest absolute Gasteiger partial charge is 0.355 e. The highest BCUT2D eigenvalue weighted by Crippen LogP contribution is 2.20. The first-order valence-corrected chi connectivity index (χ1v) is 5.55. The average Bonchev–Trinajstić information content (AvgIpc) is 2.22. The van der Waals surface area contributed by atoms with E-state index >= 15 is 0 Å². The van der Waals surface area contributed by atoms with Crippen molar-refractivity contribution in [1.82, 2.24) is 4.98 Å². The number of halogens is 2. The molecule has 0 fully saturated rings. The zero-order chi connectivity index (χ0) is 10.7. The lowest BCUT2D eigenvalue weighted by Gasteiger charge is -2.05. The summed E-state index contributed by atoms with van der Waals surface area (Å²) in [5.41, 5.74) is 1.94. The molecular weight excluding hydrogens is 275 g/mol. The van der Waals surface area contributed by atoms with Crippen LogP contribution in [-0.4, -0.2) is 4.98 Å². The Labute approximate surface area is 101 Å². The van der Waals surface area contributed by atoms with E-state index in [0.29, 0.717) is 5.15 Å². The van der Waals surface area contributed by atoms with E-state index in [-0.39, 0.29) is 0 Å². The van der Waals surface area contributed by atoms with Crippen molar-refractivity contribution in [3.8, 4) is 0 Å². The minimum atomic E-state index is 0.483. The molecule has 2 nitrogen and oxygen atoms in total. The third-order valence-electron chi connectivity index (χ3n) is 1.86. The second-order valence-corrected chi connectivity index (χ2v) is 4.30. The van der Waals surface area contributed by atoms with Crippen molar-refractivity contribution < 1.29 is 0 Å². The van der Waals surface area contributed by atoms with Gasteiger partial charge in [-0.2, -0.15) is 0 Å². The van der Waals surface area contributed by atoms with Gasteiger partial charge in [-0.15, -0.1) is 0 Å². The van der Waals surface area contributed by atoms with Gasteiger partial charge in [-0.1, -0.05) is 27.5 Å². The van der Waals surface area contributed by atoms with E-state index in [1.54, 1.807) is 12.3 Å². The van der Waals surface area contributed by atoms with E-state index in [1.165, 1.54) is 0 Å². The van der Waals surface area contributed by atoms with Crippen LogP contribution in [0, 0.1) is 0 Å². The maximum Gasteiger partial charge on any atom is 0.131 e. The minimum Gasteiger partial charge on any atom is -0.355 e.